The first-order valence-electron chi connectivity index (χ1n) is 3.34. The molecule has 0 aromatic heterocycles. The van der Waals surface area contributed by atoms with Gasteiger partial charge in [0.05, 0.1) is 0 Å². The summed E-state index contributed by atoms with van der Waals surface area (Å²) in [5.41, 5.74) is -1.16. The zero-order valence-corrected chi connectivity index (χ0v) is 5.98. The summed E-state index contributed by atoms with van der Waals surface area (Å²) in [6.45, 7) is 1.08. The molecule has 1 saturated heterocycles. The zero-order valence-electron chi connectivity index (χ0n) is 5.98. The molecule has 0 spiro atoms. The molecule has 0 bridgehead atoms. The largest absolute Gasteiger partial charge is 0.379 e. The Morgan fingerprint density at radius 3 is 2.90 bits per heavy atom. The molecular formula is C6H12N2O2. The quantitative estimate of drug-likeness (QED) is 0.418. The van der Waals surface area contributed by atoms with Crippen LogP contribution in [0.4, 0.5) is 0 Å². The number of rotatable bonds is 1. The molecule has 4 nitrogen and oxygen atoms in total. The van der Waals surface area contributed by atoms with Crippen LogP contribution in [0.5, 0.6) is 0 Å². The van der Waals surface area contributed by atoms with E-state index in [9.17, 15) is 9.90 Å². The van der Waals surface area contributed by atoms with E-state index in [0.717, 1.165) is 0 Å². The molecule has 1 rings (SSSR count). The average Bonchev–Trinajstić information content (AvgIpc) is 2.36. The Hall–Kier alpha value is -0.610. The third-order valence-electron chi connectivity index (χ3n) is 1.78. The fourth-order valence-electron chi connectivity index (χ4n) is 1.11. The minimum Gasteiger partial charge on any atom is -0.379 e. The molecule has 0 saturated carbocycles. The molecule has 1 aliphatic rings. The number of β-amino-alcohol motifs (C(OH)–C–C–N with tert-alkyl or cyclic N) is 1. The highest BCUT2D eigenvalue weighted by Gasteiger charge is 2.37. The highest BCUT2D eigenvalue weighted by molar-refractivity contribution is 5.85. The van der Waals surface area contributed by atoms with E-state index in [2.05, 4.69) is 10.6 Å². The molecule has 0 aliphatic carbocycles. The third-order valence-corrected chi connectivity index (χ3v) is 1.78. The summed E-state index contributed by atoms with van der Waals surface area (Å²) in [6, 6.07) is 0. The van der Waals surface area contributed by atoms with Crippen LogP contribution >= 0.6 is 0 Å². The first-order chi connectivity index (χ1) is 4.69. The monoisotopic (exact) mass is 144 g/mol. The van der Waals surface area contributed by atoms with E-state index in [1.54, 1.807) is 0 Å². The Balaban J connectivity index is 2.58. The fraction of sp³-hybridized carbons (Fsp3) is 0.833. The molecule has 1 atom stereocenters. The summed E-state index contributed by atoms with van der Waals surface area (Å²) >= 11 is 0. The summed E-state index contributed by atoms with van der Waals surface area (Å²) in [6.07, 6.45) is 0.507. The van der Waals surface area contributed by atoms with Crippen molar-refractivity contribution >= 4 is 5.91 Å². The van der Waals surface area contributed by atoms with E-state index in [4.69, 9.17) is 0 Å². The molecule has 1 fully saturated rings. The third kappa shape index (κ3) is 1.12. The molecule has 1 heterocycles. The number of nitrogens with one attached hydrogen (secondary N) is 2. The van der Waals surface area contributed by atoms with Gasteiger partial charge in [0, 0.05) is 13.6 Å². The Kier molecular flexibility index (Phi) is 1.92. The van der Waals surface area contributed by atoms with Gasteiger partial charge in [-0.05, 0) is 13.0 Å². The Labute approximate surface area is 59.6 Å². The van der Waals surface area contributed by atoms with E-state index < -0.39 is 5.60 Å². The normalized spacial score (nSPS) is 32.2. The van der Waals surface area contributed by atoms with Crippen LogP contribution in [0.2, 0.25) is 0 Å². The smallest absolute Gasteiger partial charge is 0.253 e. The predicted molar refractivity (Wildman–Crippen MR) is 36.5 cm³/mol. The fourth-order valence-corrected chi connectivity index (χ4v) is 1.11. The molecule has 0 aromatic carbocycles. The van der Waals surface area contributed by atoms with E-state index >= 15 is 0 Å². The molecule has 10 heavy (non-hydrogen) atoms. The molecular weight excluding hydrogens is 132 g/mol. The SMILES string of the molecule is CNC(=O)[C@@]1(O)CCNC1. The molecule has 0 unspecified atom stereocenters. The Bertz CT molecular complexity index is 141. The average molecular weight is 144 g/mol. The number of carbonyl (C=O) groups excluding carboxylic acids is 1. The Morgan fingerprint density at radius 2 is 2.50 bits per heavy atom. The van der Waals surface area contributed by atoms with Crippen molar-refractivity contribution in [3.63, 3.8) is 0 Å². The van der Waals surface area contributed by atoms with Gasteiger partial charge in [-0.15, -0.1) is 0 Å². The van der Waals surface area contributed by atoms with E-state index in [1.165, 1.54) is 7.05 Å². The highest BCUT2D eigenvalue weighted by atomic mass is 16.3. The predicted octanol–water partition coefficient (Wildman–Crippen LogP) is -1.54. The molecule has 58 valence electrons. The van der Waals surface area contributed by atoms with Crippen LogP contribution in [0.3, 0.4) is 0 Å². The molecule has 3 N–H and O–H groups in total. The van der Waals surface area contributed by atoms with Crippen LogP contribution in [-0.2, 0) is 4.79 Å². The van der Waals surface area contributed by atoms with Crippen LogP contribution in [0.25, 0.3) is 0 Å². The minimum absolute atomic E-state index is 0.294. The molecule has 1 aliphatic heterocycles. The van der Waals surface area contributed by atoms with E-state index in [0.29, 0.717) is 19.5 Å². The first-order valence-corrected chi connectivity index (χ1v) is 3.34. The number of carbonyl (C=O) groups is 1. The number of likely N-dealkylation sites (N-methyl/N-ethyl adjacent to an activating group) is 1. The van der Waals surface area contributed by atoms with Crippen molar-refractivity contribution in [1.82, 2.24) is 10.6 Å². The van der Waals surface area contributed by atoms with Gasteiger partial charge in [0.2, 0.25) is 0 Å². The van der Waals surface area contributed by atoms with Crippen molar-refractivity contribution in [2.75, 3.05) is 20.1 Å². The highest BCUT2D eigenvalue weighted by Crippen LogP contribution is 2.13. The van der Waals surface area contributed by atoms with Gasteiger partial charge in [0.25, 0.3) is 5.91 Å². The van der Waals surface area contributed by atoms with Crippen molar-refractivity contribution in [2.45, 2.75) is 12.0 Å². The summed E-state index contributed by atoms with van der Waals surface area (Å²) < 4.78 is 0. The van der Waals surface area contributed by atoms with Crippen molar-refractivity contribution < 1.29 is 9.90 Å². The van der Waals surface area contributed by atoms with Crippen LogP contribution in [0, 0.1) is 0 Å². The standard InChI is InChI=1S/C6H12N2O2/c1-7-5(9)6(10)2-3-8-4-6/h8,10H,2-4H2,1H3,(H,7,9)/t6-/m1/s1. The topological polar surface area (TPSA) is 61.4 Å². The second-order valence-corrected chi connectivity index (χ2v) is 2.54. The van der Waals surface area contributed by atoms with Gasteiger partial charge < -0.3 is 15.7 Å². The van der Waals surface area contributed by atoms with Gasteiger partial charge in [-0.25, -0.2) is 0 Å². The van der Waals surface area contributed by atoms with Crippen LogP contribution in [-0.4, -0.2) is 36.8 Å². The van der Waals surface area contributed by atoms with Crippen molar-refractivity contribution in [3.05, 3.63) is 0 Å². The lowest BCUT2D eigenvalue weighted by atomic mass is 10.0. The lowest BCUT2D eigenvalue weighted by molar-refractivity contribution is -0.137. The number of amides is 1. The summed E-state index contributed by atoms with van der Waals surface area (Å²) in [5, 5.41) is 14.8. The number of aliphatic hydroxyl groups is 1. The first kappa shape index (κ1) is 7.50. The van der Waals surface area contributed by atoms with Gasteiger partial charge in [0.15, 0.2) is 5.60 Å². The van der Waals surface area contributed by atoms with Crippen molar-refractivity contribution in [1.29, 1.82) is 0 Å². The van der Waals surface area contributed by atoms with Gasteiger partial charge in [-0.2, -0.15) is 0 Å². The van der Waals surface area contributed by atoms with Gasteiger partial charge in [-0.1, -0.05) is 0 Å². The van der Waals surface area contributed by atoms with E-state index in [1.807, 2.05) is 0 Å². The van der Waals surface area contributed by atoms with Gasteiger partial charge >= 0.3 is 0 Å². The second kappa shape index (κ2) is 2.56. The lowest BCUT2D eigenvalue weighted by Gasteiger charge is -2.17. The maximum absolute atomic E-state index is 10.9. The summed E-state index contributed by atoms with van der Waals surface area (Å²) in [7, 11) is 1.53. The summed E-state index contributed by atoms with van der Waals surface area (Å²) in [4.78, 5) is 10.9. The molecule has 4 heteroatoms. The van der Waals surface area contributed by atoms with Crippen LogP contribution in [0.1, 0.15) is 6.42 Å². The molecule has 0 radical (unpaired) electrons. The Morgan fingerprint density at radius 1 is 1.80 bits per heavy atom. The van der Waals surface area contributed by atoms with Gasteiger partial charge in [-0.3, -0.25) is 4.79 Å². The maximum Gasteiger partial charge on any atom is 0.253 e. The second-order valence-electron chi connectivity index (χ2n) is 2.54. The minimum atomic E-state index is -1.16. The van der Waals surface area contributed by atoms with Crippen molar-refractivity contribution in [3.8, 4) is 0 Å². The number of hydrogen-bond acceptors (Lipinski definition) is 3. The zero-order chi connectivity index (χ0) is 7.61. The maximum atomic E-state index is 10.9. The molecule has 0 aromatic rings. The van der Waals surface area contributed by atoms with Crippen molar-refractivity contribution in [2.24, 2.45) is 0 Å². The van der Waals surface area contributed by atoms with Gasteiger partial charge in [0.1, 0.15) is 0 Å². The van der Waals surface area contributed by atoms with Crippen LogP contribution in [0.15, 0.2) is 0 Å². The van der Waals surface area contributed by atoms with Crippen LogP contribution < -0.4 is 10.6 Å². The van der Waals surface area contributed by atoms with E-state index in [-0.39, 0.29) is 5.91 Å². The lowest BCUT2D eigenvalue weighted by Crippen LogP contribution is -2.46. The molecule has 1 amide bonds. The summed E-state index contributed by atoms with van der Waals surface area (Å²) in [5.74, 6) is -0.294. The number of hydrogen-bond donors (Lipinski definition) is 3.